The third-order valence-corrected chi connectivity index (χ3v) is 4.39. The molecule has 0 amide bonds. The monoisotopic (exact) mass is 290 g/mol. The highest BCUT2D eigenvalue weighted by Gasteiger charge is 2.21. The largest absolute Gasteiger partial charge is 0.376 e. The van der Waals surface area contributed by atoms with E-state index in [0.717, 1.165) is 52.5 Å². The maximum Gasteiger partial charge on any atom is 0.0936 e. The van der Waals surface area contributed by atoms with E-state index >= 15 is 0 Å². The van der Waals surface area contributed by atoms with E-state index in [4.69, 9.17) is 9.47 Å². The Bertz CT molecular complexity index is 446. The quantitative estimate of drug-likeness (QED) is 0.849. The highest BCUT2D eigenvalue weighted by molar-refractivity contribution is 5.53. The minimum Gasteiger partial charge on any atom is -0.376 e. The fourth-order valence-electron chi connectivity index (χ4n) is 3.24. The Morgan fingerprint density at radius 2 is 2.00 bits per heavy atom. The molecule has 21 heavy (non-hydrogen) atoms. The van der Waals surface area contributed by atoms with Gasteiger partial charge in [-0.15, -0.1) is 0 Å². The van der Waals surface area contributed by atoms with Crippen LogP contribution in [0.25, 0.3) is 0 Å². The average molecular weight is 290 g/mol. The van der Waals surface area contributed by atoms with Crippen molar-refractivity contribution in [3.8, 4) is 0 Å². The maximum absolute atomic E-state index is 5.77. The van der Waals surface area contributed by atoms with Crippen LogP contribution in [0.5, 0.6) is 0 Å². The number of ether oxygens (including phenoxy) is 2. The van der Waals surface area contributed by atoms with Crippen LogP contribution in [0.2, 0.25) is 0 Å². The second-order valence-electron chi connectivity index (χ2n) is 6.00. The topological polar surface area (TPSA) is 24.9 Å². The molecule has 2 aliphatic heterocycles. The number of hydrogen-bond donors (Lipinski definition) is 0. The Kier molecular flexibility index (Phi) is 5.12. The molecule has 2 fully saturated rings. The molecule has 0 unspecified atom stereocenters. The first-order valence-corrected chi connectivity index (χ1v) is 8.05. The molecule has 0 aromatic heterocycles. The van der Waals surface area contributed by atoms with Crippen LogP contribution in [0.1, 0.15) is 12.0 Å². The molecule has 1 atom stereocenters. The maximum atomic E-state index is 5.77. The van der Waals surface area contributed by atoms with Crippen LogP contribution in [0.4, 0.5) is 5.69 Å². The van der Waals surface area contributed by atoms with Crippen LogP contribution in [-0.4, -0.2) is 63.5 Å². The molecule has 1 aromatic rings. The van der Waals surface area contributed by atoms with E-state index < -0.39 is 0 Å². The predicted octanol–water partition coefficient (Wildman–Crippen LogP) is 1.92. The smallest absolute Gasteiger partial charge is 0.0936 e. The van der Waals surface area contributed by atoms with Gasteiger partial charge in [-0.05, 0) is 31.5 Å². The number of benzene rings is 1. The second kappa shape index (κ2) is 7.25. The third-order valence-electron chi connectivity index (χ3n) is 4.39. The molecule has 0 N–H and O–H groups in total. The average Bonchev–Trinajstić information content (AvgIpc) is 2.74. The van der Waals surface area contributed by atoms with Crippen LogP contribution >= 0.6 is 0 Å². The number of hydrogen-bond acceptors (Lipinski definition) is 4. The lowest BCUT2D eigenvalue weighted by molar-refractivity contribution is -0.0970. The van der Waals surface area contributed by atoms with Gasteiger partial charge in [-0.2, -0.15) is 0 Å². The van der Waals surface area contributed by atoms with E-state index in [9.17, 15) is 0 Å². The van der Waals surface area contributed by atoms with Crippen molar-refractivity contribution in [3.63, 3.8) is 0 Å². The predicted molar refractivity (Wildman–Crippen MR) is 85.0 cm³/mol. The van der Waals surface area contributed by atoms with Crippen LogP contribution in [0.15, 0.2) is 24.3 Å². The zero-order chi connectivity index (χ0) is 14.5. The van der Waals surface area contributed by atoms with Gasteiger partial charge in [0.25, 0.3) is 0 Å². The van der Waals surface area contributed by atoms with Crippen LogP contribution in [0, 0.1) is 6.92 Å². The zero-order valence-electron chi connectivity index (χ0n) is 13.0. The SMILES string of the molecule is Cc1ccccc1N1CCCN(C[C@@H]2COCCO2)CC1. The van der Waals surface area contributed by atoms with E-state index in [0.29, 0.717) is 0 Å². The molecule has 3 rings (SSSR count). The Balaban J connectivity index is 1.55. The van der Waals surface area contributed by atoms with Gasteiger partial charge in [-0.1, -0.05) is 18.2 Å². The van der Waals surface area contributed by atoms with Crippen LogP contribution < -0.4 is 4.90 Å². The lowest BCUT2D eigenvalue weighted by Crippen LogP contribution is -2.41. The Labute approximate surface area is 127 Å². The van der Waals surface area contributed by atoms with E-state index in [2.05, 4.69) is 41.0 Å². The van der Waals surface area contributed by atoms with Crippen LogP contribution in [-0.2, 0) is 9.47 Å². The first-order chi connectivity index (χ1) is 10.3. The number of rotatable bonds is 3. The lowest BCUT2D eigenvalue weighted by Gasteiger charge is -2.29. The van der Waals surface area contributed by atoms with Gasteiger partial charge in [0.2, 0.25) is 0 Å². The summed E-state index contributed by atoms with van der Waals surface area (Å²) >= 11 is 0. The number of anilines is 1. The molecule has 0 saturated carbocycles. The molecule has 2 aliphatic rings. The van der Waals surface area contributed by atoms with Gasteiger partial charge in [-0.25, -0.2) is 0 Å². The summed E-state index contributed by atoms with van der Waals surface area (Å²) in [5.74, 6) is 0. The third kappa shape index (κ3) is 3.96. The van der Waals surface area contributed by atoms with Gasteiger partial charge in [0, 0.05) is 31.9 Å². The van der Waals surface area contributed by atoms with Gasteiger partial charge in [0.15, 0.2) is 0 Å². The first kappa shape index (κ1) is 14.8. The van der Waals surface area contributed by atoms with E-state index in [1.54, 1.807) is 0 Å². The van der Waals surface area contributed by atoms with Crippen molar-refractivity contribution >= 4 is 5.69 Å². The Hall–Kier alpha value is -1.10. The van der Waals surface area contributed by atoms with Crippen molar-refractivity contribution in [2.75, 3.05) is 57.4 Å². The molecule has 1 aromatic carbocycles. The zero-order valence-corrected chi connectivity index (χ0v) is 13.0. The van der Waals surface area contributed by atoms with Gasteiger partial charge < -0.3 is 14.4 Å². The second-order valence-corrected chi connectivity index (χ2v) is 6.00. The van der Waals surface area contributed by atoms with Crippen molar-refractivity contribution < 1.29 is 9.47 Å². The van der Waals surface area contributed by atoms with Gasteiger partial charge in [0.05, 0.1) is 25.9 Å². The van der Waals surface area contributed by atoms with Gasteiger partial charge >= 0.3 is 0 Å². The minimum atomic E-state index is 0.253. The Morgan fingerprint density at radius 1 is 1.10 bits per heavy atom. The summed E-state index contributed by atoms with van der Waals surface area (Å²) in [5.41, 5.74) is 2.76. The molecular formula is C17H26N2O2. The van der Waals surface area contributed by atoms with E-state index in [1.807, 2.05) is 0 Å². The van der Waals surface area contributed by atoms with Gasteiger partial charge in [-0.3, -0.25) is 4.90 Å². The summed E-state index contributed by atoms with van der Waals surface area (Å²) in [4.78, 5) is 5.05. The summed E-state index contributed by atoms with van der Waals surface area (Å²) < 4.78 is 11.3. The highest BCUT2D eigenvalue weighted by atomic mass is 16.6. The molecule has 116 valence electrons. The minimum absolute atomic E-state index is 0.253. The normalized spacial score (nSPS) is 24.8. The van der Waals surface area contributed by atoms with Gasteiger partial charge in [0.1, 0.15) is 0 Å². The van der Waals surface area contributed by atoms with Crippen molar-refractivity contribution in [1.82, 2.24) is 4.90 Å². The fraction of sp³-hybridized carbons (Fsp3) is 0.647. The Morgan fingerprint density at radius 3 is 2.81 bits per heavy atom. The van der Waals surface area contributed by atoms with Crippen molar-refractivity contribution in [3.05, 3.63) is 29.8 Å². The molecule has 2 saturated heterocycles. The van der Waals surface area contributed by atoms with Crippen molar-refractivity contribution in [2.45, 2.75) is 19.4 Å². The molecule has 2 heterocycles. The van der Waals surface area contributed by atoms with Crippen molar-refractivity contribution in [2.24, 2.45) is 0 Å². The van der Waals surface area contributed by atoms with E-state index in [1.165, 1.54) is 17.7 Å². The van der Waals surface area contributed by atoms with Crippen LogP contribution in [0.3, 0.4) is 0 Å². The molecule has 4 nitrogen and oxygen atoms in total. The summed E-state index contributed by atoms with van der Waals surface area (Å²) in [5, 5.41) is 0. The molecule has 0 radical (unpaired) electrons. The summed E-state index contributed by atoms with van der Waals surface area (Å²) in [6.07, 6.45) is 1.46. The standard InChI is InChI=1S/C17H26N2O2/c1-15-5-2-3-6-17(15)19-8-4-7-18(9-10-19)13-16-14-20-11-12-21-16/h2-3,5-6,16H,4,7-14H2,1H3/t16-/m1/s1. The number of nitrogens with zero attached hydrogens (tertiary/aromatic N) is 2. The summed E-state index contributed by atoms with van der Waals surface area (Å²) in [6, 6.07) is 8.69. The molecular weight excluding hydrogens is 264 g/mol. The first-order valence-electron chi connectivity index (χ1n) is 8.05. The summed E-state index contributed by atoms with van der Waals surface area (Å²) in [7, 11) is 0. The highest BCUT2D eigenvalue weighted by Crippen LogP contribution is 2.21. The number of para-hydroxylation sites is 1. The number of aryl methyl sites for hydroxylation is 1. The van der Waals surface area contributed by atoms with Crippen molar-refractivity contribution in [1.29, 1.82) is 0 Å². The lowest BCUT2D eigenvalue weighted by atomic mass is 10.2. The van der Waals surface area contributed by atoms with E-state index in [-0.39, 0.29) is 6.10 Å². The molecule has 4 heteroatoms. The molecule has 0 aliphatic carbocycles. The molecule has 0 spiro atoms. The fourth-order valence-corrected chi connectivity index (χ4v) is 3.24. The summed E-state index contributed by atoms with van der Waals surface area (Å²) in [6.45, 7) is 9.94. The molecule has 0 bridgehead atoms.